The van der Waals surface area contributed by atoms with Crippen LogP contribution in [0.1, 0.15) is 24.4 Å². The molecular weight excluding hydrogens is 396 g/mol. The van der Waals surface area contributed by atoms with E-state index in [0.29, 0.717) is 36.1 Å². The molecule has 1 aliphatic rings. The van der Waals surface area contributed by atoms with Crippen LogP contribution in [0.2, 0.25) is 0 Å². The number of rotatable bonds is 4. The Morgan fingerprint density at radius 2 is 1.90 bits per heavy atom. The van der Waals surface area contributed by atoms with E-state index in [1.54, 1.807) is 33.3 Å². The second-order valence-corrected chi connectivity index (χ2v) is 7.87. The van der Waals surface area contributed by atoms with Gasteiger partial charge in [0.05, 0.1) is 12.4 Å². The summed E-state index contributed by atoms with van der Waals surface area (Å²) in [5.74, 6) is 1.08. The van der Waals surface area contributed by atoms with E-state index in [-0.39, 0.29) is 11.7 Å². The van der Waals surface area contributed by atoms with Crippen LogP contribution in [0.25, 0.3) is 22.3 Å². The zero-order chi connectivity index (χ0) is 21.5. The Kier molecular flexibility index (Phi) is 4.78. The summed E-state index contributed by atoms with van der Waals surface area (Å²) in [6.45, 7) is 3.28. The van der Waals surface area contributed by atoms with Crippen LogP contribution in [-0.2, 0) is 18.8 Å². The van der Waals surface area contributed by atoms with Crippen LogP contribution in [0.3, 0.4) is 0 Å². The van der Waals surface area contributed by atoms with Gasteiger partial charge in [0.2, 0.25) is 5.95 Å². The van der Waals surface area contributed by atoms with Crippen molar-refractivity contribution in [1.82, 2.24) is 33.9 Å². The molecule has 5 rings (SSSR count). The molecule has 1 aliphatic heterocycles. The smallest absolute Gasteiger partial charge is 0.330 e. The van der Waals surface area contributed by atoms with Crippen molar-refractivity contribution < 1.29 is 4.74 Å². The zero-order valence-electron chi connectivity index (χ0n) is 17.7. The zero-order valence-corrected chi connectivity index (χ0v) is 17.7. The van der Waals surface area contributed by atoms with Crippen LogP contribution in [0.5, 0.6) is 0 Å². The minimum Gasteiger partial charge on any atom is -0.381 e. The van der Waals surface area contributed by atoms with Crippen molar-refractivity contribution in [3.05, 3.63) is 46.9 Å². The number of imidazole rings is 1. The quantitative estimate of drug-likeness (QED) is 0.540. The number of fused-ring (bicyclic) bond motifs is 1. The van der Waals surface area contributed by atoms with Crippen molar-refractivity contribution in [3.8, 4) is 11.1 Å². The average Bonchev–Trinajstić information content (AvgIpc) is 3.31. The maximum atomic E-state index is 12.9. The topological polar surface area (TPSA) is 105 Å². The molecule has 4 aromatic heterocycles. The number of nitrogens with zero attached hydrogens (tertiary/aromatic N) is 7. The lowest BCUT2D eigenvalue weighted by atomic mass is 10.1. The Balaban J connectivity index is 1.49. The third-order valence-electron chi connectivity index (χ3n) is 5.74. The monoisotopic (exact) mass is 420 g/mol. The highest BCUT2D eigenvalue weighted by atomic mass is 16.5. The minimum atomic E-state index is -0.0801. The van der Waals surface area contributed by atoms with Gasteiger partial charge in [-0.15, -0.1) is 0 Å². The van der Waals surface area contributed by atoms with Crippen molar-refractivity contribution in [3.63, 3.8) is 0 Å². The molecule has 31 heavy (non-hydrogen) atoms. The number of nitrogens with one attached hydrogen (secondary N) is 1. The lowest BCUT2D eigenvalue weighted by Crippen LogP contribution is -2.30. The van der Waals surface area contributed by atoms with E-state index in [2.05, 4.69) is 25.4 Å². The number of aryl methyl sites for hydroxylation is 3. The Morgan fingerprint density at radius 3 is 2.61 bits per heavy atom. The Bertz CT molecular complexity index is 1310. The van der Waals surface area contributed by atoms with Crippen molar-refractivity contribution in [2.24, 2.45) is 14.1 Å². The molecule has 0 saturated carbocycles. The van der Waals surface area contributed by atoms with Crippen LogP contribution in [0.4, 0.5) is 11.8 Å². The molecule has 0 unspecified atom stereocenters. The third-order valence-corrected chi connectivity index (χ3v) is 5.74. The molecule has 10 nitrogen and oxygen atoms in total. The van der Waals surface area contributed by atoms with Gasteiger partial charge in [-0.25, -0.2) is 14.8 Å². The van der Waals surface area contributed by atoms with Gasteiger partial charge in [0.25, 0.3) is 0 Å². The minimum absolute atomic E-state index is 0.0753. The van der Waals surface area contributed by atoms with Crippen molar-refractivity contribution >= 4 is 22.9 Å². The largest absolute Gasteiger partial charge is 0.381 e. The molecule has 4 aromatic rings. The fraction of sp³-hybridized carbons (Fsp3) is 0.381. The molecular formula is C21H24N8O2. The van der Waals surface area contributed by atoms with Crippen LogP contribution in [0, 0.1) is 6.92 Å². The highest BCUT2D eigenvalue weighted by Gasteiger charge is 2.23. The first-order valence-electron chi connectivity index (χ1n) is 10.3. The molecule has 0 bridgehead atoms. The number of aromatic nitrogens is 7. The van der Waals surface area contributed by atoms with Gasteiger partial charge in [-0.2, -0.15) is 10.1 Å². The standard InChI is InChI=1S/C21H24N8O2/c1-13-8-14(15-10-24-27(2)12-15)9-22-18(13)25-20-23-11-17-19(26-20)29(21(30)28(17)3)16-4-6-31-7-5-16/h8-12,16H,4-7H2,1-3H3,(H,22,23,25,26). The fourth-order valence-electron chi connectivity index (χ4n) is 4.01. The first-order valence-corrected chi connectivity index (χ1v) is 10.3. The van der Waals surface area contributed by atoms with Gasteiger partial charge >= 0.3 is 5.69 Å². The summed E-state index contributed by atoms with van der Waals surface area (Å²) in [6, 6.07) is 2.12. The maximum absolute atomic E-state index is 12.9. The second kappa shape index (κ2) is 7.62. The first kappa shape index (κ1) is 19.4. The molecule has 10 heteroatoms. The second-order valence-electron chi connectivity index (χ2n) is 7.87. The SMILES string of the molecule is Cc1cc(-c2cnn(C)c2)cnc1Nc1ncc2c(n1)n(C1CCOCC1)c(=O)n2C. The van der Waals surface area contributed by atoms with Gasteiger partial charge in [-0.3, -0.25) is 13.8 Å². The Morgan fingerprint density at radius 1 is 1.10 bits per heavy atom. The van der Waals surface area contributed by atoms with Crippen molar-refractivity contribution in [2.45, 2.75) is 25.8 Å². The summed E-state index contributed by atoms with van der Waals surface area (Å²) in [4.78, 5) is 26.5. The predicted octanol–water partition coefficient (Wildman–Crippen LogP) is 2.33. The van der Waals surface area contributed by atoms with E-state index in [1.807, 2.05) is 32.4 Å². The molecule has 5 heterocycles. The van der Waals surface area contributed by atoms with Gasteiger partial charge in [0.15, 0.2) is 5.65 Å². The summed E-state index contributed by atoms with van der Waals surface area (Å²) in [5.41, 5.74) is 4.21. The Hall–Kier alpha value is -3.53. The molecule has 1 saturated heterocycles. The summed E-state index contributed by atoms with van der Waals surface area (Å²) in [5, 5.41) is 7.42. The van der Waals surface area contributed by atoms with E-state index in [4.69, 9.17) is 4.74 Å². The van der Waals surface area contributed by atoms with Crippen LogP contribution in [0.15, 0.2) is 35.6 Å². The number of ether oxygens (including phenoxy) is 1. The van der Waals surface area contributed by atoms with Crippen molar-refractivity contribution in [1.29, 1.82) is 0 Å². The molecule has 0 aromatic carbocycles. The first-order chi connectivity index (χ1) is 15.0. The molecule has 0 spiro atoms. The summed E-state index contributed by atoms with van der Waals surface area (Å²) >= 11 is 0. The molecule has 160 valence electrons. The lowest BCUT2D eigenvalue weighted by molar-refractivity contribution is 0.0695. The molecule has 0 radical (unpaired) electrons. The summed E-state index contributed by atoms with van der Waals surface area (Å²) in [7, 11) is 3.64. The van der Waals surface area contributed by atoms with Gasteiger partial charge in [-0.05, 0) is 31.4 Å². The van der Waals surface area contributed by atoms with E-state index in [1.165, 1.54) is 0 Å². The van der Waals surface area contributed by atoms with E-state index < -0.39 is 0 Å². The fourth-order valence-corrected chi connectivity index (χ4v) is 4.01. The number of anilines is 2. The van der Waals surface area contributed by atoms with Crippen LogP contribution >= 0.6 is 0 Å². The van der Waals surface area contributed by atoms with E-state index >= 15 is 0 Å². The van der Waals surface area contributed by atoms with Crippen LogP contribution in [-0.4, -0.2) is 47.1 Å². The molecule has 1 fully saturated rings. The number of hydrogen-bond acceptors (Lipinski definition) is 7. The normalized spacial score (nSPS) is 14.9. The van der Waals surface area contributed by atoms with Crippen LogP contribution < -0.4 is 11.0 Å². The molecule has 1 N–H and O–H groups in total. The predicted molar refractivity (Wildman–Crippen MR) is 116 cm³/mol. The summed E-state index contributed by atoms with van der Waals surface area (Å²) < 4.78 is 10.6. The Labute approximate surface area is 178 Å². The van der Waals surface area contributed by atoms with E-state index in [9.17, 15) is 4.79 Å². The van der Waals surface area contributed by atoms with E-state index in [0.717, 1.165) is 29.5 Å². The van der Waals surface area contributed by atoms with Gasteiger partial charge in [0.1, 0.15) is 11.3 Å². The van der Waals surface area contributed by atoms with Gasteiger partial charge < -0.3 is 10.1 Å². The lowest BCUT2D eigenvalue weighted by Gasteiger charge is -2.22. The maximum Gasteiger partial charge on any atom is 0.330 e. The number of pyridine rings is 1. The molecule has 0 aliphatic carbocycles. The third kappa shape index (κ3) is 3.48. The summed E-state index contributed by atoms with van der Waals surface area (Å²) in [6.07, 6.45) is 8.83. The molecule has 0 atom stereocenters. The highest BCUT2D eigenvalue weighted by Crippen LogP contribution is 2.26. The highest BCUT2D eigenvalue weighted by molar-refractivity contribution is 5.73. The number of hydrogen-bond donors (Lipinski definition) is 1. The average molecular weight is 420 g/mol. The van der Waals surface area contributed by atoms with Gasteiger partial charge in [0, 0.05) is 56.9 Å². The van der Waals surface area contributed by atoms with Crippen molar-refractivity contribution in [2.75, 3.05) is 18.5 Å². The molecule has 0 amide bonds. The van der Waals surface area contributed by atoms with Gasteiger partial charge in [-0.1, -0.05) is 0 Å².